The average Bonchev–Trinajstić information content (AvgIpc) is 2.22. The molecule has 1 atom stereocenters. The number of hydrogen-bond donors (Lipinski definition) is 2. The van der Waals surface area contributed by atoms with Crippen LogP contribution < -0.4 is 11.1 Å². The maximum Gasteiger partial charge on any atom is 0.241 e. The Labute approximate surface area is 94.8 Å². The summed E-state index contributed by atoms with van der Waals surface area (Å²) in [6, 6.07) is 4.02. The molecule has 0 aliphatic carbocycles. The van der Waals surface area contributed by atoms with E-state index < -0.39 is 11.9 Å². The first-order valence-corrected chi connectivity index (χ1v) is 5.25. The summed E-state index contributed by atoms with van der Waals surface area (Å²) in [6.45, 7) is 5.43. The summed E-state index contributed by atoms with van der Waals surface area (Å²) in [5.41, 5.74) is 6.57. The Balaban J connectivity index is 2.85. The Hall–Kier alpha value is -1.42. The van der Waals surface area contributed by atoms with E-state index in [0.29, 0.717) is 5.56 Å². The molecule has 4 heteroatoms. The summed E-state index contributed by atoms with van der Waals surface area (Å²) in [5, 5.41) is 2.52. The van der Waals surface area contributed by atoms with Gasteiger partial charge in [0, 0.05) is 0 Å². The fourth-order valence-electron chi connectivity index (χ4n) is 1.30. The van der Waals surface area contributed by atoms with Crippen LogP contribution in [0.3, 0.4) is 0 Å². The van der Waals surface area contributed by atoms with Crippen LogP contribution in [0.25, 0.3) is 0 Å². The van der Waals surface area contributed by atoms with Gasteiger partial charge in [0.1, 0.15) is 5.82 Å². The van der Waals surface area contributed by atoms with Gasteiger partial charge >= 0.3 is 0 Å². The van der Waals surface area contributed by atoms with Crippen molar-refractivity contribution in [2.45, 2.75) is 26.8 Å². The lowest BCUT2D eigenvalue weighted by atomic mass is 10.0. The van der Waals surface area contributed by atoms with Gasteiger partial charge in [-0.15, -0.1) is 0 Å². The maximum atomic E-state index is 13.4. The minimum absolute atomic E-state index is 0.0204. The number of nitrogens with two attached hydrogens (primary N) is 1. The Morgan fingerprint density at radius 2 is 2.06 bits per heavy atom. The molecule has 16 heavy (non-hydrogen) atoms. The molecule has 1 amide bonds. The van der Waals surface area contributed by atoms with Gasteiger partial charge in [0.2, 0.25) is 5.91 Å². The van der Waals surface area contributed by atoms with E-state index in [-0.39, 0.29) is 17.5 Å². The molecule has 0 aromatic heterocycles. The normalized spacial score (nSPS) is 12.6. The number of anilines is 1. The van der Waals surface area contributed by atoms with Crippen molar-refractivity contribution in [2.75, 3.05) is 5.32 Å². The molecule has 3 N–H and O–H groups in total. The van der Waals surface area contributed by atoms with Crippen LogP contribution in [0, 0.1) is 18.7 Å². The van der Waals surface area contributed by atoms with Gasteiger partial charge in [-0.05, 0) is 24.5 Å². The highest BCUT2D eigenvalue weighted by molar-refractivity contribution is 5.95. The molecule has 0 unspecified atom stereocenters. The molecule has 1 aromatic rings. The van der Waals surface area contributed by atoms with E-state index in [1.807, 2.05) is 13.8 Å². The number of hydrogen-bond acceptors (Lipinski definition) is 2. The highest BCUT2D eigenvalue weighted by atomic mass is 19.1. The van der Waals surface area contributed by atoms with Crippen LogP contribution in [0.4, 0.5) is 10.1 Å². The Morgan fingerprint density at radius 1 is 1.44 bits per heavy atom. The molecular formula is C12H17FN2O. The summed E-state index contributed by atoms with van der Waals surface area (Å²) < 4.78 is 13.4. The van der Waals surface area contributed by atoms with Gasteiger partial charge in [-0.1, -0.05) is 26.0 Å². The largest absolute Gasteiger partial charge is 0.322 e. The molecule has 0 saturated heterocycles. The Morgan fingerprint density at radius 3 is 2.56 bits per heavy atom. The van der Waals surface area contributed by atoms with E-state index in [1.54, 1.807) is 19.1 Å². The molecule has 88 valence electrons. The molecular weight excluding hydrogens is 207 g/mol. The van der Waals surface area contributed by atoms with E-state index >= 15 is 0 Å². The van der Waals surface area contributed by atoms with E-state index in [1.165, 1.54) is 6.07 Å². The van der Waals surface area contributed by atoms with Crippen molar-refractivity contribution in [3.05, 3.63) is 29.6 Å². The lowest BCUT2D eigenvalue weighted by Gasteiger charge is -2.16. The number of para-hydroxylation sites is 1. The van der Waals surface area contributed by atoms with Crippen molar-refractivity contribution < 1.29 is 9.18 Å². The predicted octanol–water partition coefficient (Wildman–Crippen LogP) is 2.06. The Bertz CT molecular complexity index is 370. The topological polar surface area (TPSA) is 55.1 Å². The Kier molecular flexibility index (Phi) is 4.01. The van der Waals surface area contributed by atoms with Gasteiger partial charge in [0.15, 0.2) is 0 Å². The highest BCUT2D eigenvalue weighted by Crippen LogP contribution is 2.19. The van der Waals surface area contributed by atoms with Gasteiger partial charge < -0.3 is 11.1 Å². The zero-order chi connectivity index (χ0) is 12.3. The van der Waals surface area contributed by atoms with E-state index in [0.717, 1.165) is 0 Å². The van der Waals surface area contributed by atoms with E-state index in [4.69, 9.17) is 5.73 Å². The second kappa shape index (κ2) is 5.07. The summed E-state index contributed by atoms with van der Waals surface area (Å²) in [6.07, 6.45) is 0. The molecule has 0 fully saturated rings. The van der Waals surface area contributed by atoms with Crippen molar-refractivity contribution in [1.82, 2.24) is 0 Å². The van der Waals surface area contributed by atoms with Gasteiger partial charge in [-0.3, -0.25) is 4.79 Å². The van der Waals surface area contributed by atoms with Crippen LogP contribution >= 0.6 is 0 Å². The number of aryl methyl sites for hydroxylation is 1. The summed E-state index contributed by atoms with van der Waals surface area (Å²) in [4.78, 5) is 11.7. The number of carbonyl (C=O) groups excluding carboxylic acids is 1. The highest BCUT2D eigenvalue weighted by Gasteiger charge is 2.19. The quantitative estimate of drug-likeness (QED) is 0.825. The fourth-order valence-corrected chi connectivity index (χ4v) is 1.30. The molecule has 0 bridgehead atoms. The van der Waals surface area contributed by atoms with Crippen molar-refractivity contribution >= 4 is 11.6 Å². The minimum Gasteiger partial charge on any atom is -0.322 e. The number of nitrogens with one attached hydrogen (secondary N) is 1. The van der Waals surface area contributed by atoms with Crippen LogP contribution in [0.15, 0.2) is 18.2 Å². The summed E-state index contributed by atoms with van der Waals surface area (Å²) >= 11 is 0. The molecule has 0 radical (unpaired) electrons. The van der Waals surface area contributed by atoms with Gasteiger partial charge in [0.05, 0.1) is 11.7 Å². The fraction of sp³-hybridized carbons (Fsp3) is 0.417. The number of carbonyl (C=O) groups is 1. The zero-order valence-electron chi connectivity index (χ0n) is 9.75. The number of benzene rings is 1. The summed E-state index contributed by atoms with van der Waals surface area (Å²) in [7, 11) is 0. The second-order valence-corrected chi connectivity index (χ2v) is 4.19. The summed E-state index contributed by atoms with van der Waals surface area (Å²) in [5.74, 6) is -0.778. The third kappa shape index (κ3) is 2.79. The van der Waals surface area contributed by atoms with Crippen LogP contribution in [0.5, 0.6) is 0 Å². The standard InChI is InChI=1S/C12H17FN2O/c1-7(2)10(14)12(16)15-11-8(3)5-4-6-9(11)13/h4-7,10H,14H2,1-3H3,(H,15,16)/t10-/m0/s1. The first-order valence-electron chi connectivity index (χ1n) is 5.25. The van der Waals surface area contributed by atoms with Crippen LogP contribution in [-0.2, 0) is 4.79 Å². The first kappa shape index (κ1) is 12.6. The van der Waals surface area contributed by atoms with Crippen molar-refractivity contribution in [3.8, 4) is 0 Å². The molecule has 0 aliphatic heterocycles. The maximum absolute atomic E-state index is 13.4. The average molecular weight is 224 g/mol. The molecule has 1 rings (SSSR count). The predicted molar refractivity (Wildman–Crippen MR) is 62.6 cm³/mol. The SMILES string of the molecule is Cc1cccc(F)c1NC(=O)[C@@H](N)C(C)C. The van der Waals surface area contributed by atoms with E-state index in [9.17, 15) is 9.18 Å². The third-order valence-electron chi connectivity index (χ3n) is 2.49. The lowest BCUT2D eigenvalue weighted by Crippen LogP contribution is -2.40. The minimum atomic E-state index is -0.626. The smallest absolute Gasteiger partial charge is 0.241 e. The number of halogens is 1. The third-order valence-corrected chi connectivity index (χ3v) is 2.49. The van der Waals surface area contributed by atoms with Crippen molar-refractivity contribution in [3.63, 3.8) is 0 Å². The van der Waals surface area contributed by atoms with Crippen LogP contribution in [0.2, 0.25) is 0 Å². The molecule has 0 aliphatic rings. The number of amides is 1. The van der Waals surface area contributed by atoms with Gasteiger partial charge in [-0.2, -0.15) is 0 Å². The number of rotatable bonds is 3. The van der Waals surface area contributed by atoms with Gasteiger partial charge in [-0.25, -0.2) is 4.39 Å². The molecule has 1 aromatic carbocycles. The first-order chi connectivity index (χ1) is 7.43. The van der Waals surface area contributed by atoms with E-state index in [2.05, 4.69) is 5.32 Å². The molecule has 0 heterocycles. The monoisotopic (exact) mass is 224 g/mol. The molecule has 0 saturated carbocycles. The zero-order valence-corrected chi connectivity index (χ0v) is 9.75. The molecule has 3 nitrogen and oxygen atoms in total. The second-order valence-electron chi connectivity index (χ2n) is 4.19. The van der Waals surface area contributed by atoms with Gasteiger partial charge in [0.25, 0.3) is 0 Å². The van der Waals surface area contributed by atoms with Crippen LogP contribution in [-0.4, -0.2) is 11.9 Å². The molecule has 0 spiro atoms. The van der Waals surface area contributed by atoms with Crippen molar-refractivity contribution in [2.24, 2.45) is 11.7 Å². The van der Waals surface area contributed by atoms with Crippen LogP contribution in [0.1, 0.15) is 19.4 Å². The van der Waals surface area contributed by atoms with Crippen molar-refractivity contribution in [1.29, 1.82) is 0 Å². The lowest BCUT2D eigenvalue weighted by molar-refractivity contribution is -0.118.